The summed E-state index contributed by atoms with van der Waals surface area (Å²) in [5.74, 6) is 1.63. The summed E-state index contributed by atoms with van der Waals surface area (Å²) >= 11 is 0. The van der Waals surface area contributed by atoms with Crippen molar-refractivity contribution in [3.05, 3.63) is 59.7 Å². The van der Waals surface area contributed by atoms with Crippen molar-refractivity contribution in [3.63, 3.8) is 0 Å². The first-order chi connectivity index (χ1) is 10.8. The van der Waals surface area contributed by atoms with Crippen molar-refractivity contribution in [2.45, 2.75) is 32.7 Å². The van der Waals surface area contributed by atoms with Crippen molar-refractivity contribution in [1.29, 1.82) is 0 Å². The van der Waals surface area contributed by atoms with Crippen LogP contribution in [0.15, 0.2) is 53.5 Å². The fourth-order valence-corrected chi connectivity index (χ4v) is 2.64. The Labute approximate surface area is 131 Å². The molecule has 1 aliphatic heterocycles. The first kappa shape index (κ1) is 14.6. The van der Waals surface area contributed by atoms with E-state index >= 15 is 0 Å². The Morgan fingerprint density at radius 3 is 2.64 bits per heavy atom. The van der Waals surface area contributed by atoms with Crippen LogP contribution in [0.2, 0.25) is 0 Å². The smallest absolute Gasteiger partial charge is 0.231 e. The van der Waals surface area contributed by atoms with Crippen LogP contribution in [-0.2, 0) is 0 Å². The number of fused-ring (bicyclic) bond motifs is 1. The molecule has 0 spiro atoms. The van der Waals surface area contributed by atoms with Crippen LogP contribution in [0, 0.1) is 0 Å². The van der Waals surface area contributed by atoms with Crippen LogP contribution in [0.5, 0.6) is 11.5 Å². The molecule has 3 rings (SSSR count). The average Bonchev–Trinajstić information content (AvgIpc) is 3.02. The van der Waals surface area contributed by atoms with E-state index in [0.717, 1.165) is 35.6 Å². The molecule has 22 heavy (non-hydrogen) atoms. The van der Waals surface area contributed by atoms with Gasteiger partial charge in [0.2, 0.25) is 6.79 Å². The maximum atomic E-state index is 5.48. The van der Waals surface area contributed by atoms with Crippen LogP contribution in [0.25, 0.3) is 0 Å². The molecule has 0 aromatic heterocycles. The molecule has 0 amide bonds. The minimum atomic E-state index is 0.146. The fraction of sp³-hybridized carbons (Fsp3) is 0.316. The molecule has 0 aliphatic carbocycles. The molecule has 0 N–H and O–H groups in total. The molecular formula is C19H21NO2. The highest BCUT2D eigenvalue weighted by atomic mass is 16.7. The molecule has 0 saturated carbocycles. The molecule has 1 atom stereocenters. The Hall–Kier alpha value is -2.29. The van der Waals surface area contributed by atoms with Crippen molar-refractivity contribution in [3.8, 4) is 11.5 Å². The van der Waals surface area contributed by atoms with Gasteiger partial charge in [0.1, 0.15) is 0 Å². The van der Waals surface area contributed by atoms with Crippen LogP contribution in [0.4, 0.5) is 0 Å². The summed E-state index contributed by atoms with van der Waals surface area (Å²) in [4.78, 5) is 4.95. The van der Waals surface area contributed by atoms with E-state index < -0.39 is 0 Å². The van der Waals surface area contributed by atoms with E-state index in [0.29, 0.717) is 6.79 Å². The van der Waals surface area contributed by atoms with Crippen molar-refractivity contribution < 1.29 is 9.47 Å². The second kappa shape index (κ2) is 6.65. The Bertz CT molecular complexity index is 664. The van der Waals surface area contributed by atoms with Crippen LogP contribution in [0.3, 0.4) is 0 Å². The van der Waals surface area contributed by atoms with Crippen molar-refractivity contribution >= 4 is 5.71 Å². The first-order valence-electron chi connectivity index (χ1n) is 7.79. The van der Waals surface area contributed by atoms with E-state index in [1.54, 1.807) is 0 Å². The number of aliphatic imine (C=N–C) groups is 1. The van der Waals surface area contributed by atoms with E-state index in [1.807, 2.05) is 18.2 Å². The van der Waals surface area contributed by atoms with Gasteiger partial charge in [0.15, 0.2) is 11.5 Å². The summed E-state index contributed by atoms with van der Waals surface area (Å²) in [6, 6.07) is 16.6. The van der Waals surface area contributed by atoms with Crippen molar-refractivity contribution in [1.82, 2.24) is 0 Å². The van der Waals surface area contributed by atoms with Gasteiger partial charge in [-0.25, -0.2) is 0 Å². The molecule has 0 bridgehead atoms. The third-order valence-corrected chi connectivity index (χ3v) is 3.82. The molecule has 0 unspecified atom stereocenters. The van der Waals surface area contributed by atoms with Gasteiger partial charge in [-0.05, 0) is 42.7 Å². The highest BCUT2D eigenvalue weighted by molar-refractivity contribution is 6.01. The molecule has 2 aromatic rings. The monoisotopic (exact) mass is 295 g/mol. The number of benzene rings is 2. The van der Waals surface area contributed by atoms with Crippen LogP contribution >= 0.6 is 0 Å². The molecular weight excluding hydrogens is 274 g/mol. The summed E-state index contributed by atoms with van der Waals surface area (Å²) in [5.41, 5.74) is 3.47. The third kappa shape index (κ3) is 3.14. The average molecular weight is 295 g/mol. The Morgan fingerprint density at radius 2 is 1.86 bits per heavy atom. The Morgan fingerprint density at radius 1 is 1.09 bits per heavy atom. The zero-order chi connectivity index (χ0) is 15.4. The largest absolute Gasteiger partial charge is 0.454 e. The van der Waals surface area contributed by atoms with Crippen molar-refractivity contribution in [2.75, 3.05) is 6.79 Å². The van der Waals surface area contributed by atoms with Gasteiger partial charge >= 0.3 is 0 Å². The van der Waals surface area contributed by atoms with E-state index in [1.165, 1.54) is 5.56 Å². The lowest BCUT2D eigenvalue weighted by Crippen LogP contribution is -2.03. The standard InChI is InChI=1S/C19H21NO2/c1-3-7-17(20-14(2)15-8-5-4-6-9-15)16-10-11-18-19(12-16)22-13-21-18/h4-6,8-12,14H,3,7,13H2,1-2H3/t14-/m1/s1. The topological polar surface area (TPSA) is 30.8 Å². The summed E-state index contributed by atoms with van der Waals surface area (Å²) in [6.07, 6.45) is 2.02. The fourth-order valence-electron chi connectivity index (χ4n) is 2.64. The Balaban J connectivity index is 1.90. The number of nitrogens with zero attached hydrogens (tertiary/aromatic N) is 1. The number of hydrogen-bond donors (Lipinski definition) is 0. The summed E-state index contributed by atoms with van der Waals surface area (Å²) in [5, 5.41) is 0. The molecule has 0 fully saturated rings. The van der Waals surface area contributed by atoms with Gasteiger partial charge in [-0.3, -0.25) is 4.99 Å². The number of hydrogen-bond acceptors (Lipinski definition) is 3. The van der Waals surface area contributed by atoms with Crippen LogP contribution in [0.1, 0.15) is 43.9 Å². The molecule has 3 heteroatoms. The zero-order valence-electron chi connectivity index (χ0n) is 13.1. The molecule has 3 nitrogen and oxygen atoms in total. The maximum absolute atomic E-state index is 5.48. The molecule has 0 radical (unpaired) electrons. The predicted molar refractivity (Wildman–Crippen MR) is 88.9 cm³/mol. The Kier molecular flexibility index (Phi) is 4.42. The molecule has 114 valence electrons. The van der Waals surface area contributed by atoms with Gasteiger partial charge in [-0.2, -0.15) is 0 Å². The van der Waals surface area contributed by atoms with Gasteiger partial charge < -0.3 is 9.47 Å². The normalized spacial score (nSPS) is 14.9. The number of rotatable bonds is 5. The first-order valence-corrected chi connectivity index (χ1v) is 7.79. The van der Waals surface area contributed by atoms with Gasteiger partial charge in [-0.15, -0.1) is 0 Å². The summed E-state index contributed by atoms with van der Waals surface area (Å²) in [7, 11) is 0. The molecule has 1 heterocycles. The van der Waals surface area contributed by atoms with E-state index in [9.17, 15) is 0 Å². The molecule has 2 aromatic carbocycles. The maximum Gasteiger partial charge on any atom is 0.231 e. The molecule has 0 saturated heterocycles. The van der Waals surface area contributed by atoms with Gasteiger partial charge in [0, 0.05) is 5.71 Å². The lowest BCUT2D eigenvalue weighted by molar-refractivity contribution is 0.174. The highest BCUT2D eigenvalue weighted by Gasteiger charge is 2.15. The van der Waals surface area contributed by atoms with Crippen LogP contribution < -0.4 is 9.47 Å². The van der Waals surface area contributed by atoms with Gasteiger partial charge in [-0.1, -0.05) is 43.7 Å². The number of ether oxygens (including phenoxy) is 2. The van der Waals surface area contributed by atoms with E-state index in [-0.39, 0.29) is 6.04 Å². The minimum absolute atomic E-state index is 0.146. The molecule has 1 aliphatic rings. The zero-order valence-corrected chi connectivity index (χ0v) is 13.1. The van der Waals surface area contributed by atoms with Gasteiger partial charge in [0.25, 0.3) is 0 Å². The quantitative estimate of drug-likeness (QED) is 0.744. The predicted octanol–water partition coefficient (Wildman–Crippen LogP) is 4.77. The summed E-state index contributed by atoms with van der Waals surface area (Å²) in [6.45, 7) is 4.62. The third-order valence-electron chi connectivity index (χ3n) is 3.82. The SMILES string of the molecule is CCCC(=N[C@H](C)c1ccccc1)c1ccc2c(c1)OCO2. The van der Waals surface area contributed by atoms with E-state index in [2.05, 4.69) is 44.2 Å². The second-order valence-electron chi connectivity index (χ2n) is 5.48. The van der Waals surface area contributed by atoms with Crippen molar-refractivity contribution in [2.24, 2.45) is 4.99 Å². The highest BCUT2D eigenvalue weighted by Crippen LogP contribution is 2.33. The lowest BCUT2D eigenvalue weighted by atomic mass is 10.0. The van der Waals surface area contributed by atoms with E-state index in [4.69, 9.17) is 14.5 Å². The van der Waals surface area contributed by atoms with Crippen LogP contribution in [-0.4, -0.2) is 12.5 Å². The lowest BCUT2D eigenvalue weighted by Gasteiger charge is -2.12. The minimum Gasteiger partial charge on any atom is -0.454 e. The second-order valence-corrected chi connectivity index (χ2v) is 5.48. The van der Waals surface area contributed by atoms with Gasteiger partial charge in [0.05, 0.1) is 6.04 Å². The summed E-state index contributed by atoms with van der Waals surface area (Å²) < 4.78 is 10.9.